The first kappa shape index (κ1) is 18.9. The van der Waals surface area contributed by atoms with Crippen LogP contribution in [-0.4, -0.2) is 21.3 Å². The first-order valence-corrected chi connectivity index (χ1v) is 9.19. The number of ether oxygens (including phenoxy) is 1. The molecule has 4 aromatic rings. The molecule has 0 aliphatic carbocycles. The van der Waals surface area contributed by atoms with Crippen molar-refractivity contribution in [3.63, 3.8) is 0 Å². The largest absolute Gasteiger partial charge is 0.452 e. The second kappa shape index (κ2) is 7.89. The highest BCUT2D eigenvalue weighted by Gasteiger charge is 2.25. The van der Waals surface area contributed by atoms with Gasteiger partial charge in [-0.1, -0.05) is 64.4 Å². The summed E-state index contributed by atoms with van der Waals surface area (Å²) < 4.78 is 15.8. The highest BCUT2D eigenvalue weighted by Crippen LogP contribution is 2.31. The Kier molecular flexibility index (Phi) is 5.14. The van der Waals surface area contributed by atoms with Gasteiger partial charge in [-0.2, -0.15) is 4.98 Å². The lowest BCUT2D eigenvalue weighted by Crippen LogP contribution is -2.07. The van der Waals surface area contributed by atoms with E-state index in [-0.39, 0.29) is 18.1 Å². The van der Waals surface area contributed by atoms with Crippen LogP contribution >= 0.6 is 11.6 Å². The van der Waals surface area contributed by atoms with Gasteiger partial charge in [0.05, 0.1) is 5.02 Å². The van der Waals surface area contributed by atoms with Crippen LogP contribution in [0.2, 0.25) is 5.02 Å². The second-order valence-corrected chi connectivity index (χ2v) is 6.75. The third-order valence-electron chi connectivity index (χ3n) is 4.38. The van der Waals surface area contributed by atoms with Crippen LogP contribution in [0, 0.1) is 13.8 Å². The number of carbonyl (C=O) groups excluding carboxylic acids is 1. The number of hydrogen-bond donors (Lipinski definition) is 0. The average molecular weight is 410 g/mol. The summed E-state index contributed by atoms with van der Waals surface area (Å²) >= 11 is 6.22. The summed E-state index contributed by atoms with van der Waals surface area (Å²) in [4.78, 5) is 17.0. The minimum atomic E-state index is -0.616. The Morgan fingerprint density at radius 3 is 2.48 bits per heavy atom. The van der Waals surface area contributed by atoms with Gasteiger partial charge in [0.25, 0.3) is 5.89 Å². The van der Waals surface area contributed by atoms with Crippen molar-refractivity contribution < 1.29 is 18.6 Å². The molecule has 2 heterocycles. The summed E-state index contributed by atoms with van der Waals surface area (Å²) in [6.07, 6.45) is 0. The maximum Gasteiger partial charge on any atom is 0.344 e. The molecule has 0 spiro atoms. The summed E-state index contributed by atoms with van der Waals surface area (Å²) in [7, 11) is 0. The van der Waals surface area contributed by atoms with E-state index in [1.807, 2.05) is 31.2 Å². The van der Waals surface area contributed by atoms with Crippen LogP contribution in [0.15, 0.2) is 57.6 Å². The van der Waals surface area contributed by atoms with Gasteiger partial charge in [0, 0.05) is 11.1 Å². The van der Waals surface area contributed by atoms with Crippen molar-refractivity contribution in [1.82, 2.24) is 15.3 Å². The molecule has 2 aromatic heterocycles. The lowest BCUT2D eigenvalue weighted by molar-refractivity contribution is 0.0428. The number of carbonyl (C=O) groups is 1. The molecule has 0 N–H and O–H groups in total. The zero-order valence-electron chi connectivity index (χ0n) is 15.7. The third-order valence-corrected chi connectivity index (χ3v) is 4.71. The Bertz CT molecular complexity index is 1180. The Labute approximate surface area is 171 Å². The molecule has 8 heteroatoms. The lowest BCUT2D eigenvalue weighted by Gasteiger charge is -2.04. The molecule has 0 saturated carbocycles. The Balaban J connectivity index is 1.53. The fourth-order valence-electron chi connectivity index (χ4n) is 2.90. The van der Waals surface area contributed by atoms with E-state index in [0.717, 1.165) is 11.1 Å². The minimum absolute atomic E-state index is 0.176. The molecule has 0 radical (unpaired) electrons. The van der Waals surface area contributed by atoms with Crippen LogP contribution < -0.4 is 0 Å². The van der Waals surface area contributed by atoms with Crippen LogP contribution in [0.5, 0.6) is 0 Å². The Hall–Kier alpha value is -3.45. The molecule has 146 valence electrons. The number of benzene rings is 2. The Morgan fingerprint density at radius 2 is 1.72 bits per heavy atom. The van der Waals surface area contributed by atoms with E-state index in [1.165, 1.54) is 0 Å². The van der Waals surface area contributed by atoms with E-state index < -0.39 is 5.97 Å². The minimum Gasteiger partial charge on any atom is -0.452 e. The van der Waals surface area contributed by atoms with Gasteiger partial charge in [0.15, 0.2) is 6.61 Å². The standard InChI is InChI=1S/C21H16ClN3O4/c1-12-7-3-4-8-14(12)20-23-17(29-25-20)11-27-21(26)18-13(2)28-24-19(18)15-9-5-6-10-16(15)22/h3-10H,11H2,1-2H3. The lowest BCUT2D eigenvalue weighted by atomic mass is 10.1. The van der Waals surface area contributed by atoms with E-state index in [9.17, 15) is 4.79 Å². The van der Waals surface area contributed by atoms with Crippen LogP contribution in [0.25, 0.3) is 22.6 Å². The fraction of sp³-hybridized carbons (Fsp3) is 0.143. The molecule has 0 fully saturated rings. The van der Waals surface area contributed by atoms with Gasteiger partial charge < -0.3 is 13.8 Å². The predicted molar refractivity (Wildman–Crippen MR) is 105 cm³/mol. The summed E-state index contributed by atoms with van der Waals surface area (Å²) in [5, 5.41) is 8.37. The zero-order valence-corrected chi connectivity index (χ0v) is 16.4. The van der Waals surface area contributed by atoms with Crippen LogP contribution in [0.4, 0.5) is 0 Å². The smallest absolute Gasteiger partial charge is 0.344 e. The molecule has 0 unspecified atom stereocenters. The monoisotopic (exact) mass is 409 g/mol. The van der Waals surface area contributed by atoms with E-state index in [0.29, 0.717) is 27.9 Å². The average Bonchev–Trinajstić information content (AvgIpc) is 3.34. The topological polar surface area (TPSA) is 91.2 Å². The molecule has 29 heavy (non-hydrogen) atoms. The zero-order chi connectivity index (χ0) is 20.4. The van der Waals surface area contributed by atoms with Crippen molar-refractivity contribution in [2.75, 3.05) is 0 Å². The summed E-state index contributed by atoms with van der Waals surface area (Å²) in [5.74, 6) is 0.336. The van der Waals surface area contributed by atoms with Crippen LogP contribution in [0.3, 0.4) is 0 Å². The second-order valence-electron chi connectivity index (χ2n) is 6.34. The van der Waals surface area contributed by atoms with E-state index in [4.69, 9.17) is 25.4 Å². The maximum absolute atomic E-state index is 12.7. The van der Waals surface area contributed by atoms with Gasteiger partial charge in [-0.25, -0.2) is 4.79 Å². The number of aryl methyl sites for hydroxylation is 2. The van der Waals surface area contributed by atoms with Crippen molar-refractivity contribution >= 4 is 17.6 Å². The number of aromatic nitrogens is 3. The molecule has 2 aromatic carbocycles. The number of esters is 1. The van der Waals surface area contributed by atoms with E-state index >= 15 is 0 Å². The van der Waals surface area contributed by atoms with Crippen molar-refractivity contribution in [3.8, 4) is 22.6 Å². The first-order valence-electron chi connectivity index (χ1n) is 8.81. The van der Waals surface area contributed by atoms with E-state index in [1.54, 1.807) is 31.2 Å². The first-order chi connectivity index (χ1) is 14.0. The molecular weight excluding hydrogens is 394 g/mol. The summed E-state index contributed by atoms with van der Waals surface area (Å²) in [6.45, 7) is 3.41. The predicted octanol–water partition coefficient (Wildman–Crippen LogP) is 5.02. The van der Waals surface area contributed by atoms with Gasteiger partial charge in [0.1, 0.15) is 17.0 Å². The van der Waals surface area contributed by atoms with Crippen molar-refractivity contribution in [1.29, 1.82) is 0 Å². The van der Waals surface area contributed by atoms with E-state index in [2.05, 4.69) is 15.3 Å². The molecule has 0 atom stereocenters. The molecule has 0 bridgehead atoms. The van der Waals surface area contributed by atoms with Crippen molar-refractivity contribution in [2.24, 2.45) is 0 Å². The normalized spacial score (nSPS) is 10.9. The third kappa shape index (κ3) is 3.77. The molecule has 0 aliphatic heterocycles. The highest BCUT2D eigenvalue weighted by atomic mass is 35.5. The van der Waals surface area contributed by atoms with Gasteiger partial charge in [-0.15, -0.1) is 0 Å². The number of nitrogens with zero attached hydrogens (tertiary/aromatic N) is 3. The van der Waals surface area contributed by atoms with Gasteiger partial charge in [-0.3, -0.25) is 0 Å². The van der Waals surface area contributed by atoms with Gasteiger partial charge in [0.2, 0.25) is 5.82 Å². The quantitative estimate of drug-likeness (QED) is 0.427. The van der Waals surface area contributed by atoms with Crippen LogP contribution in [-0.2, 0) is 11.3 Å². The molecule has 0 aliphatic rings. The van der Waals surface area contributed by atoms with Crippen molar-refractivity contribution in [2.45, 2.75) is 20.5 Å². The summed E-state index contributed by atoms with van der Waals surface area (Å²) in [6, 6.07) is 14.7. The molecule has 7 nitrogen and oxygen atoms in total. The van der Waals surface area contributed by atoms with Crippen molar-refractivity contribution in [3.05, 3.63) is 76.3 Å². The summed E-state index contributed by atoms with van der Waals surface area (Å²) in [5.41, 5.74) is 2.98. The van der Waals surface area contributed by atoms with Crippen LogP contribution in [0.1, 0.15) is 27.6 Å². The molecule has 4 rings (SSSR count). The molecule has 0 saturated heterocycles. The highest BCUT2D eigenvalue weighted by molar-refractivity contribution is 6.33. The molecule has 0 amide bonds. The fourth-order valence-corrected chi connectivity index (χ4v) is 3.12. The number of halogens is 1. The van der Waals surface area contributed by atoms with Gasteiger partial charge >= 0.3 is 5.97 Å². The van der Waals surface area contributed by atoms with Gasteiger partial charge in [-0.05, 0) is 25.5 Å². The molecular formula is C21H16ClN3O4. The number of rotatable bonds is 5. The Morgan fingerprint density at radius 1 is 1.00 bits per heavy atom. The SMILES string of the molecule is Cc1ccccc1-c1noc(COC(=O)c2c(-c3ccccc3Cl)noc2C)n1. The number of hydrogen-bond acceptors (Lipinski definition) is 7. The maximum atomic E-state index is 12.7.